The lowest BCUT2D eigenvalue weighted by Crippen LogP contribution is -2.21. The fraction of sp³-hybridized carbons (Fsp3) is 0.333. The summed E-state index contributed by atoms with van der Waals surface area (Å²) < 4.78 is 13.2. The number of rotatable bonds is 3. The molecule has 13 heavy (non-hydrogen) atoms. The highest BCUT2D eigenvalue weighted by molar-refractivity contribution is 5.26. The van der Waals surface area contributed by atoms with E-state index in [9.17, 15) is 4.39 Å². The van der Waals surface area contributed by atoms with Crippen LogP contribution in [0.1, 0.15) is 17.2 Å². The Morgan fingerprint density at radius 2 is 2.00 bits per heavy atom. The Morgan fingerprint density at radius 3 is 2.46 bits per heavy atom. The Bertz CT molecular complexity index is 288. The van der Waals surface area contributed by atoms with Gasteiger partial charge in [-0.1, -0.05) is 12.1 Å². The van der Waals surface area contributed by atoms with Crippen molar-refractivity contribution in [3.63, 3.8) is 0 Å². The van der Waals surface area contributed by atoms with Gasteiger partial charge in [0, 0.05) is 24.7 Å². The van der Waals surface area contributed by atoms with Gasteiger partial charge >= 0.3 is 0 Å². The first-order chi connectivity index (χ1) is 6.19. The molecule has 0 bridgehead atoms. The summed E-state index contributed by atoms with van der Waals surface area (Å²) in [6.45, 7) is 0.505. The Labute approximate surface area is 76.7 Å². The molecule has 0 amide bonds. The SMILES string of the molecule is NCc1ccc(C(N)CN)cc1F. The van der Waals surface area contributed by atoms with Crippen LogP contribution >= 0.6 is 0 Å². The van der Waals surface area contributed by atoms with Crippen molar-refractivity contribution in [1.29, 1.82) is 0 Å². The lowest BCUT2D eigenvalue weighted by atomic mass is 10.1. The van der Waals surface area contributed by atoms with Crippen molar-refractivity contribution < 1.29 is 4.39 Å². The van der Waals surface area contributed by atoms with E-state index in [1.54, 1.807) is 12.1 Å². The van der Waals surface area contributed by atoms with Crippen LogP contribution < -0.4 is 17.2 Å². The van der Waals surface area contributed by atoms with E-state index in [0.29, 0.717) is 17.7 Å². The highest BCUT2D eigenvalue weighted by Gasteiger charge is 2.06. The fourth-order valence-electron chi connectivity index (χ4n) is 1.10. The van der Waals surface area contributed by atoms with Crippen molar-refractivity contribution in [3.8, 4) is 0 Å². The monoisotopic (exact) mass is 183 g/mol. The summed E-state index contributed by atoms with van der Waals surface area (Å²) in [5.74, 6) is -0.316. The molecule has 3 nitrogen and oxygen atoms in total. The maximum absolute atomic E-state index is 13.2. The minimum atomic E-state index is -0.316. The van der Waals surface area contributed by atoms with Gasteiger partial charge in [0.1, 0.15) is 5.82 Å². The molecule has 72 valence electrons. The largest absolute Gasteiger partial charge is 0.329 e. The molecule has 0 heterocycles. The number of hydrogen-bond acceptors (Lipinski definition) is 3. The van der Waals surface area contributed by atoms with E-state index < -0.39 is 0 Å². The maximum atomic E-state index is 13.2. The Hall–Kier alpha value is -0.970. The van der Waals surface area contributed by atoms with Crippen LogP contribution in [0.15, 0.2) is 18.2 Å². The predicted molar refractivity (Wildman–Crippen MR) is 50.3 cm³/mol. The lowest BCUT2D eigenvalue weighted by Gasteiger charge is -2.10. The van der Waals surface area contributed by atoms with Gasteiger partial charge in [0.2, 0.25) is 0 Å². The number of nitrogens with two attached hydrogens (primary N) is 3. The molecule has 0 aliphatic carbocycles. The van der Waals surface area contributed by atoms with E-state index in [-0.39, 0.29) is 18.4 Å². The third-order valence-electron chi connectivity index (χ3n) is 1.98. The van der Waals surface area contributed by atoms with Crippen LogP contribution in [0, 0.1) is 5.82 Å². The van der Waals surface area contributed by atoms with Crippen LogP contribution in [0.5, 0.6) is 0 Å². The Morgan fingerprint density at radius 1 is 1.31 bits per heavy atom. The summed E-state index contributed by atoms with van der Waals surface area (Å²) in [5, 5.41) is 0. The zero-order valence-electron chi connectivity index (χ0n) is 7.33. The molecule has 1 aromatic rings. The third kappa shape index (κ3) is 2.24. The van der Waals surface area contributed by atoms with Crippen LogP contribution in [0.4, 0.5) is 4.39 Å². The molecule has 0 aromatic heterocycles. The molecule has 0 saturated heterocycles. The zero-order valence-corrected chi connectivity index (χ0v) is 7.33. The van der Waals surface area contributed by atoms with Gasteiger partial charge < -0.3 is 17.2 Å². The quantitative estimate of drug-likeness (QED) is 0.628. The van der Waals surface area contributed by atoms with E-state index in [2.05, 4.69) is 0 Å². The third-order valence-corrected chi connectivity index (χ3v) is 1.98. The summed E-state index contributed by atoms with van der Waals surface area (Å²) in [4.78, 5) is 0. The molecule has 0 fully saturated rings. The second kappa shape index (κ2) is 4.32. The van der Waals surface area contributed by atoms with Crippen molar-refractivity contribution in [2.24, 2.45) is 17.2 Å². The average molecular weight is 183 g/mol. The summed E-state index contributed by atoms with van der Waals surface area (Å²) in [5.41, 5.74) is 17.5. The first-order valence-corrected chi connectivity index (χ1v) is 4.13. The highest BCUT2D eigenvalue weighted by Crippen LogP contribution is 2.14. The molecule has 1 rings (SSSR count). The topological polar surface area (TPSA) is 78.1 Å². The summed E-state index contributed by atoms with van der Waals surface area (Å²) in [6.07, 6.45) is 0. The average Bonchev–Trinajstić information content (AvgIpc) is 2.16. The van der Waals surface area contributed by atoms with Gasteiger partial charge in [-0.25, -0.2) is 4.39 Å². The van der Waals surface area contributed by atoms with Gasteiger partial charge in [0.25, 0.3) is 0 Å². The molecule has 0 aliphatic rings. The minimum Gasteiger partial charge on any atom is -0.329 e. The van der Waals surface area contributed by atoms with Crippen LogP contribution in [0.3, 0.4) is 0 Å². The predicted octanol–water partition coefficient (Wildman–Crippen LogP) is 0.243. The van der Waals surface area contributed by atoms with E-state index in [1.807, 2.05) is 0 Å². The van der Waals surface area contributed by atoms with Gasteiger partial charge in [-0.3, -0.25) is 0 Å². The van der Waals surface area contributed by atoms with E-state index >= 15 is 0 Å². The normalized spacial score (nSPS) is 12.9. The summed E-state index contributed by atoms with van der Waals surface area (Å²) in [6, 6.07) is 4.48. The minimum absolute atomic E-state index is 0.198. The Kier molecular flexibility index (Phi) is 3.36. The molecule has 0 radical (unpaired) electrons. The molecule has 0 spiro atoms. The second-order valence-electron chi connectivity index (χ2n) is 2.90. The summed E-state index contributed by atoms with van der Waals surface area (Å²) in [7, 11) is 0. The van der Waals surface area contributed by atoms with Crippen molar-refractivity contribution in [3.05, 3.63) is 35.1 Å². The molecule has 0 aliphatic heterocycles. The van der Waals surface area contributed by atoms with Crippen LogP contribution in [0.25, 0.3) is 0 Å². The van der Waals surface area contributed by atoms with E-state index in [0.717, 1.165) is 0 Å². The van der Waals surface area contributed by atoms with E-state index in [1.165, 1.54) is 6.07 Å². The van der Waals surface area contributed by atoms with Crippen LogP contribution in [-0.2, 0) is 6.54 Å². The fourth-order valence-corrected chi connectivity index (χ4v) is 1.10. The molecular formula is C9H14FN3. The van der Waals surface area contributed by atoms with Crippen LogP contribution in [0.2, 0.25) is 0 Å². The van der Waals surface area contributed by atoms with Crippen molar-refractivity contribution in [1.82, 2.24) is 0 Å². The number of benzene rings is 1. The van der Waals surface area contributed by atoms with Gasteiger partial charge in [-0.2, -0.15) is 0 Å². The molecule has 1 atom stereocenters. The first-order valence-electron chi connectivity index (χ1n) is 4.13. The highest BCUT2D eigenvalue weighted by atomic mass is 19.1. The molecule has 6 N–H and O–H groups in total. The number of hydrogen-bond donors (Lipinski definition) is 3. The van der Waals surface area contributed by atoms with E-state index in [4.69, 9.17) is 17.2 Å². The van der Waals surface area contributed by atoms with Crippen LogP contribution in [-0.4, -0.2) is 6.54 Å². The van der Waals surface area contributed by atoms with Crippen molar-refractivity contribution in [2.45, 2.75) is 12.6 Å². The Balaban J connectivity index is 2.95. The molecule has 0 saturated carbocycles. The second-order valence-corrected chi connectivity index (χ2v) is 2.90. The first kappa shape index (κ1) is 10.1. The smallest absolute Gasteiger partial charge is 0.128 e. The lowest BCUT2D eigenvalue weighted by molar-refractivity contribution is 0.603. The number of halogens is 1. The summed E-state index contributed by atoms with van der Waals surface area (Å²) >= 11 is 0. The molecule has 1 aromatic carbocycles. The molecule has 4 heteroatoms. The zero-order chi connectivity index (χ0) is 9.84. The maximum Gasteiger partial charge on any atom is 0.128 e. The molecular weight excluding hydrogens is 169 g/mol. The van der Waals surface area contributed by atoms with Crippen molar-refractivity contribution in [2.75, 3.05) is 6.54 Å². The van der Waals surface area contributed by atoms with Gasteiger partial charge in [0.15, 0.2) is 0 Å². The standard InChI is InChI=1S/C9H14FN3/c10-8-3-6(9(13)5-12)1-2-7(8)4-11/h1-3,9H,4-5,11-13H2. The molecule has 1 unspecified atom stereocenters. The van der Waals surface area contributed by atoms with Gasteiger partial charge in [-0.15, -0.1) is 0 Å². The van der Waals surface area contributed by atoms with Gasteiger partial charge in [-0.05, 0) is 11.6 Å². The van der Waals surface area contributed by atoms with Crippen molar-refractivity contribution >= 4 is 0 Å². The van der Waals surface area contributed by atoms with Gasteiger partial charge in [0.05, 0.1) is 0 Å².